The Morgan fingerprint density at radius 2 is 2.10 bits per heavy atom. The van der Waals surface area contributed by atoms with E-state index in [9.17, 15) is 0 Å². The van der Waals surface area contributed by atoms with E-state index in [1.54, 1.807) is 0 Å². The van der Waals surface area contributed by atoms with Gasteiger partial charge >= 0.3 is 0 Å². The van der Waals surface area contributed by atoms with E-state index in [0.29, 0.717) is 0 Å². The van der Waals surface area contributed by atoms with Gasteiger partial charge in [0.05, 0.1) is 0 Å². The van der Waals surface area contributed by atoms with Crippen molar-refractivity contribution >= 4 is 25.5 Å². The highest BCUT2D eigenvalue weighted by Crippen LogP contribution is 2.10. The Morgan fingerprint density at radius 3 is 2.60 bits per heavy atom. The lowest BCUT2D eigenvalue weighted by Crippen LogP contribution is -2.01. The molecule has 0 aromatic rings. The van der Waals surface area contributed by atoms with Gasteiger partial charge < -0.3 is 0 Å². The van der Waals surface area contributed by atoms with Crippen molar-refractivity contribution in [1.82, 2.24) is 0 Å². The molecule has 2 nitrogen and oxygen atoms in total. The van der Waals surface area contributed by atoms with Crippen LogP contribution in [0.25, 0.3) is 0 Å². The number of hydrogen-bond donors (Lipinski definition) is 2. The van der Waals surface area contributed by atoms with Crippen LogP contribution < -0.4 is 0 Å². The van der Waals surface area contributed by atoms with Crippen LogP contribution >= 0.6 is 25.5 Å². The van der Waals surface area contributed by atoms with Crippen molar-refractivity contribution in [3.05, 3.63) is 0 Å². The number of hydrogen-bond acceptors (Lipinski definition) is 4. The largest absolute Gasteiger partial charge is 0.211 e. The first-order valence-corrected chi connectivity index (χ1v) is 4.34. The molecule has 0 bridgehead atoms. The van der Waals surface area contributed by atoms with E-state index in [2.05, 4.69) is 41.7 Å². The first kappa shape index (κ1) is 10.6. The predicted octanol–water partition coefficient (Wildman–Crippen LogP) is 2.62. The minimum Gasteiger partial charge on any atom is -0.211 e. The van der Waals surface area contributed by atoms with Crippen LogP contribution in [0.1, 0.15) is 32.6 Å². The van der Waals surface area contributed by atoms with Gasteiger partial charge in [-0.25, -0.2) is 4.89 Å². The van der Waals surface area contributed by atoms with E-state index >= 15 is 0 Å². The van der Waals surface area contributed by atoms with E-state index in [0.717, 1.165) is 12.8 Å². The minimum atomic E-state index is -0.135. The van der Waals surface area contributed by atoms with Crippen LogP contribution in [-0.2, 0) is 9.22 Å². The monoisotopic (exact) mass is 182 g/mol. The maximum Gasteiger partial charge on any atom is 0.137 e. The van der Waals surface area contributed by atoms with Crippen molar-refractivity contribution in [2.75, 3.05) is 0 Å². The fourth-order valence-corrected chi connectivity index (χ4v) is 1.06. The van der Waals surface area contributed by atoms with Gasteiger partial charge in [0.1, 0.15) is 5.44 Å². The Kier molecular flexibility index (Phi) is 8.20. The summed E-state index contributed by atoms with van der Waals surface area (Å²) >= 11 is 7.52. The van der Waals surface area contributed by atoms with Crippen molar-refractivity contribution in [3.8, 4) is 0 Å². The topological polar surface area (TPSA) is 18.5 Å². The van der Waals surface area contributed by atoms with Gasteiger partial charge in [-0.1, -0.05) is 19.8 Å². The van der Waals surface area contributed by atoms with Crippen molar-refractivity contribution in [2.45, 2.75) is 38.0 Å². The normalized spacial score (nSPS) is 13.5. The molecule has 0 N–H and O–H groups in total. The molecule has 0 radical (unpaired) electrons. The zero-order chi connectivity index (χ0) is 7.82. The molecule has 0 saturated heterocycles. The quantitative estimate of drug-likeness (QED) is 0.164. The molecule has 0 aromatic heterocycles. The summed E-state index contributed by atoms with van der Waals surface area (Å²) in [5.74, 6) is 0. The second-order valence-electron chi connectivity index (χ2n) is 2.12. The van der Waals surface area contributed by atoms with Gasteiger partial charge in [-0.15, -0.1) is 12.6 Å². The molecule has 10 heavy (non-hydrogen) atoms. The fraction of sp³-hybridized carbons (Fsp3) is 1.00. The second-order valence-corrected chi connectivity index (χ2v) is 2.85. The summed E-state index contributed by atoms with van der Waals surface area (Å²) in [5.41, 5.74) is -0.135. The molecule has 0 fully saturated rings. The lowest BCUT2D eigenvalue weighted by atomic mass is 10.2. The zero-order valence-electron chi connectivity index (χ0n) is 6.12. The lowest BCUT2D eigenvalue weighted by molar-refractivity contribution is -0.201. The summed E-state index contributed by atoms with van der Waals surface area (Å²) in [6.45, 7) is 2.16. The third-order valence-corrected chi connectivity index (χ3v) is 1.64. The van der Waals surface area contributed by atoms with Crippen LogP contribution in [0.2, 0.25) is 0 Å². The van der Waals surface area contributed by atoms with E-state index in [4.69, 9.17) is 0 Å². The predicted molar refractivity (Wildman–Crippen MR) is 48.1 cm³/mol. The average Bonchev–Trinajstić information content (AvgIpc) is 1.89. The number of rotatable bonds is 6. The third-order valence-electron chi connectivity index (χ3n) is 1.21. The molecule has 0 aliphatic carbocycles. The summed E-state index contributed by atoms with van der Waals surface area (Å²) in [5, 5.41) is 0. The lowest BCUT2D eigenvalue weighted by Gasteiger charge is -2.06. The molecular weight excluding hydrogens is 168 g/mol. The Morgan fingerprint density at radius 1 is 1.40 bits per heavy atom. The molecule has 0 aromatic carbocycles. The highest BCUT2D eigenvalue weighted by Gasteiger charge is 2.01. The van der Waals surface area contributed by atoms with Gasteiger partial charge in [0.2, 0.25) is 0 Å². The first-order valence-electron chi connectivity index (χ1n) is 3.46. The van der Waals surface area contributed by atoms with E-state index in [1.807, 2.05) is 0 Å². The van der Waals surface area contributed by atoms with E-state index < -0.39 is 0 Å². The summed E-state index contributed by atoms with van der Waals surface area (Å²) in [6, 6.07) is 0. The molecule has 0 heterocycles. The highest BCUT2D eigenvalue weighted by atomic mass is 32.1. The molecule has 0 saturated carbocycles. The highest BCUT2D eigenvalue weighted by molar-refractivity contribution is 7.80. The van der Waals surface area contributed by atoms with Crippen LogP contribution in [0.4, 0.5) is 0 Å². The maximum atomic E-state index is 4.62. The van der Waals surface area contributed by atoms with Crippen molar-refractivity contribution < 1.29 is 9.22 Å². The molecule has 0 aliphatic heterocycles. The van der Waals surface area contributed by atoms with Crippen LogP contribution in [0.5, 0.6) is 0 Å². The summed E-state index contributed by atoms with van der Waals surface area (Å²) in [4.78, 5) is 4.62. The molecule has 0 amide bonds. The summed E-state index contributed by atoms with van der Waals surface area (Å²) in [6.07, 6.45) is 4.47. The van der Waals surface area contributed by atoms with Crippen molar-refractivity contribution in [2.24, 2.45) is 0 Å². The average molecular weight is 182 g/mol. The van der Waals surface area contributed by atoms with Gasteiger partial charge in [0.25, 0.3) is 0 Å². The molecule has 0 rings (SSSR count). The van der Waals surface area contributed by atoms with Gasteiger partial charge in [-0.3, -0.25) is 0 Å². The van der Waals surface area contributed by atoms with Gasteiger partial charge in [0, 0.05) is 12.9 Å². The summed E-state index contributed by atoms with van der Waals surface area (Å²) in [7, 11) is 0. The van der Waals surface area contributed by atoms with Crippen LogP contribution in [0.3, 0.4) is 0 Å². The third kappa shape index (κ3) is 6.74. The maximum absolute atomic E-state index is 4.62. The number of unbranched alkanes of at least 4 members (excludes halogenated alkanes) is 2. The Balaban J connectivity index is 2.97. The van der Waals surface area contributed by atoms with E-state index in [1.165, 1.54) is 12.8 Å². The Hall–Kier alpha value is 0.620. The Bertz CT molecular complexity index is 70.8. The standard InChI is InChI=1S/C6H14O2S2/c1-2-3-4-5-6(9)7-8-10/h6,9-10H,2-5H2,1H3. The molecule has 1 unspecified atom stereocenters. The molecular formula is C6H14O2S2. The zero-order valence-corrected chi connectivity index (χ0v) is 7.91. The van der Waals surface area contributed by atoms with Gasteiger partial charge in [0.15, 0.2) is 0 Å². The van der Waals surface area contributed by atoms with E-state index in [-0.39, 0.29) is 5.44 Å². The second kappa shape index (κ2) is 7.72. The van der Waals surface area contributed by atoms with Crippen molar-refractivity contribution in [1.29, 1.82) is 0 Å². The van der Waals surface area contributed by atoms with Crippen molar-refractivity contribution in [3.63, 3.8) is 0 Å². The fourth-order valence-electron chi connectivity index (χ4n) is 0.667. The molecule has 4 heteroatoms. The van der Waals surface area contributed by atoms with Crippen LogP contribution in [0.15, 0.2) is 0 Å². The first-order chi connectivity index (χ1) is 4.81. The van der Waals surface area contributed by atoms with Crippen LogP contribution in [0, 0.1) is 0 Å². The number of thiol groups is 2. The molecule has 62 valence electrons. The Labute approximate surface area is 73.2 Å². The molecule has 0 spiro atoms. The van der Waals surface area contributed by atoms with Crippen LogP contribution in [-0.4, -0.2) is 5.44 Å². The summed E-state index contributed by atoms with van der Waals surface area (Å²) < 4.78 is 4.15. The molecule has 1 atom stereocenters. The smallest absolute Gasteiger partial charge is 0.137 e. The van der Waals surface area contributed by atoms with Gasteiger partial charge in [-0.2, -0.15) is 4.33 Å². The molecule has 0 aliphatic rings. The minimum absolute atomic E-state index is 0.135. The SMILES string of the molecule is CCCCCC(S)OOS. The van der Waals surface area contributed by atoms with Gasteiger partial charge in [-0.05, 0) is 12.8 Å².